The molecule has 65 heavy (non-hydrogen) atoms. The molecule has 10 aliphatic rings. The van der Waals surface area contributed by atoms with Crippen molar-refractivity contribution >= 4 is 43.0 Å². The molecule has 0 N–H and O–H groups in total. The van der Waals surface area contributed by atoms with Gasteiger partial charge < -0.3 is 4.90 Å². The van der Waals surface area contributed by atoms with Crippen LogP contribution in [0.3, 0.4) is 0 Å². The third kappa shape index (κ3) is 8.05. The average Bonchev–Trinajstić information content (AvgIpc) is 3.86. The van der Waals surface area contributed by atoms with Crippen molar-refractivity contribution in [1.82, 2.24) is 4.90 Å². The van der Waals surface area contributed by atoms with Gasteiger partial charge in [0.1, 0.15) is 0 Å². The van der Waals surface area contributed by atoms with Crippen LogP contribution in [0.25, 0.3) is 0 Å². The number of hydrogen-bond donors (Lipinski definition) is 0. The average molecular weight is 932 g/mol. The minimum Gasteiger partial charge on any atom is -0.336 e. The highest BCUT2D eigenvalue weighted by molar-refractivity contribution is 8.00. The first-order chi connectivity index (χ1) is 31.6. The second-order valence-corrected chi connectivity index (χ2v) is 33.9. The Morgan fingerprint density at radius 3 is 1.40 bits per heavy atom. The summed E-state index contributed by atoms with van der Waals surface area (Å²) in [6.07, 6.45) is 33.2. The van der Waals surface area contributed by atoms with Crippen molar-refractivity contribution in [2.75, 3.05) is 4.90 Å². The molecule has 9 fully saturated rings. The van der Waals surface area contributed by atoms with Crippen LogP contribution in [0.2, 0.25) is 24.2 Å². The Labute approximate surface area is 407 Å². The van der Waals surface area contributed by atoms with Crippen molar-refractivity contribution in [3.8, 4) is 0 Å². The number of para-hydroxylation sites is 2. The monoisotopic (exact) mass is 931 g/mol. The molecule has 0 bridgehead atoms. The summed E-state index contributed by atoms with van der Waals surface area (Å²) in [5.74, 6) is 11.1. The fourth-order valence-corrected chi connectivity index (χ4v) is 29.9. The van der Waals surface area contributed by atoms with Gasteiger partial charge in [0.2, 0.25) is 0 Å². The van der Waals surface area contributed by atoms with Crippen molar-refractivity contribution in [1.29, 1.82) is 0 Å². The highest BCUT2D eigenvalue weighted by Crippen LogP contribution is 2.68. The van der Waals surface area contributed by atoms with E-state index < -0.39 is 8.07 Å². The molecule has 0 aromatic heterocycles. The first kappa shape index (κ1) is 45.3. The lowest BCUT2D eigenvalue weighted by Crippen LogP contribution is -2.64. The maximum Gasteiger partial charge on any atom is 0.0555 e. The molecule has 16 unspecified atom stereocenters. The molecule has 2 aromatic rings. The van der Waals surface area contributed by atoms with Crippen LogP contribution in [-0.2, 0) is 0 Å². The zero-order valence-corrected chi connectivity index (χ0v) is 44.6. The first-order valence-corrected chi connectivity index (χ1v) is 33.6. The van der Waals surface area contributed by atoms with Crippen molar-refractivity contribution in [2.24, 2.45) is 71.0 Å². The Hall–Kier alpha value is -0.883. The molecule has 0 amide bonds. The zero-order valence-electron chi connectivity index (χ0n) is 41.9. The Balaban J connectivity index is 0.909. The van der Waals surface area contributed by atoms with E-state index in [9.17, 15) is 0 Å². The van der Waals surface area contributed by atoms with Gasteiger partial charge in [-0.1, -0.05) is 128 Å². The van der Waals surface area contributed by atoms with Crippen LogP contribution in [-0.4, -0.2) is 47.6 Å². The van der Waals surface area contributed by atoms with Gasteiger partial charge in [-0.25, -0.2) is 0 Å². The summed E-state index contributed by atoms with van der Waals surface area (Å²) >= 11 is 4.56. The highest BCUT2D eigenvalue weighted by atomic mass is 32.2. The number of benzene rings is 2. The summed E-state index contributed by atoms with van der Waals surface area (Å²) in [5, 5.41) is 1.84. The van der Waals surface area contributed by atoms with E-state index in [1.165, 1.54) is 124 Å². The van der Waals surface area contributed by atoms with Gasteiger partial charge in [0.25, 0.3) is 0 Å². The highest BCUT2D eigenvalue weighted by Gasteiger charge is 2.63. The number of nitrogens with zero attached hydrogens (tertiary/aromatic N) is 2. The number of hydrogen-bond acceptors (Lipinski definition) is 4. The van der Waals surface area contributed by atoms with Crippen LogP contribution in [0.1, 0.15) is 169 Å². The molecule has 16 atom stereocenters. The maximum absolute atomic E-state index is 3.48. The van der Waals surface area contributed by atoms with Crippen molar-refractivity contribution < 1.29 is 0 Å². The Morgan fingerprint density at radius 2 is 0.892 bits per heavy atom. The van der Waals surface area contributed by atoms with Gasteiger partial charge >= 0.3 is 0 Å². The molecule has 2 nitrogen and oxygen atoms in total. The van der Waals surface area contributed by atoms with Crippen molar-refractivity contribution in [3.05, 3.63) is 48.5 Å². The van der Waals surface area contributed by atoms with Crippen LogP contribution in [0.4, 0.5) is 11.4 Å². The summed E-state index contributed by atoms with van der Waals surface area (Å²) in [6.45, 7) is 16.9. The SMILES string of the molecule is CC1CCC(C2CC3C(CC(C)C3[Si](C)(C)C3C(C)CC4C3CC(C3CCC(C)CC3)CC4N3C4CCCCC4SC4CCCCC43)C(N3c4ccccc4Sc4ccccc43)C2)CC1. The van der Waals surface area contributed by atoms with E-state index in [1.54, 1.807) is 38.5 Å². The standard InChI is InChI=1S/C60H90N2S2Si/c1-37-23-27-41(28-24-37)43-33-47-45(53(35-43)61-49-15-7-11-19-55(49)63-56-20-12-8-16-50(56)61)31-39(3)59(47)65(5,6)60-40(4)32-46-48(60)34-44(42-29-25-38(2)26-30-42)36-54(46)62-51-17-9-13-21-57(51)64-58-22-14-10-18-52(58)62/h7-8,11-12,15-16,19-20,37-48,51-54,57-60H,9-10,13-14,17-18,21-36H2,1-6H3. The molecule has 8 saturated carbocycles. The van der Waals surface area contributed by atoms with E-state index in [4.69, 9.17) is 0 Å². The van der Waals surface area contributed by atoms with Gasteiger partial charge in [0.05, 0.1) is 19.4 Å². The molecule has 0 spiro atoms. The minimum absolute atomic E-state index is 0.619. The lowest BCUT2D eigenvalue weighted by molar-refractivity contribution is -0.0403. The first-order valence-electron chi connectivity index (χ1n) is 28.7. The smallest absolute Gasteiger partial charge is 0.0555 e. The molecule has 8 aliphatic carbocycles. The topological polar surface area (TPSA) is 6.48 Å². The van der Waals surface area contributed by atoms with Gasteiger partial charge in [-0.15, -0.1) is 0 Å². The van der Waals surface area contributed by atoms with Crippen LogP contribution >= 0.6 is 23.5 Å². The summed E-state index contributed by atoms with van der Waals surface area (Å²) in [4.78, 5) is 9.44. The van der Waals surface area contributed by atoms with Gasteiger partial charge in [-0.2, -0.15) is 11.8 Å². The van der Waals surface area contributed by atoms with Crippen LogP contribution in [0.15, 0.2) is 58.3 Å². The predicted octanol–water partition coefficient (Wildman–Crippen LogP) is 17.2. The van der Waals surface area contributed by atoms with Crippen molar-refractivity contribution in [2.45, 2.75) is 238 Å². The second-order valence-electron chi connectivity index (χ2n) is 26.4. The number of rotatable bonds is 6. The number of fused-ring (bicyclic) bond motifs is 6. The zero-order chi connectivity index (χ0) is 44.1. The van der Waals surface area contributed by atoms with Crippen molar-refractivity contribution in [3.63, 3.8) is 0 Å². The third-order valence-electron chi connectivity index (χ3n) is 22.6. The molecule has 2 heterocycles. The Morgan fingerprint density at radius 1 is 0.446 bits per heavy atom. The van der Waals surface area contributed by atoms with E-state index in [2.05, 4.69) is 111 Å². The fraction of sp³-hybridized carbons (Fsp3) is 0.800. The summed E-state index contributed by atoms with van der Waals surface area (Å²) in [5.41, 5.74) is 5.00. The molecule has 356 valence electrons. The van der Waals surface area contributed by atoms with Gasteiger partial charge in [-0.3, -0.25) is 4.90 Å². The predicted molar refractivity (Wildman–Crippen MR) is 282 cm³/mol. The maximum atomic E-state index is 3.48. The molecule has 5 heteroatoms. The third-order valence-corrected chi connectivity index (χ3v) is 30.9. The molecular weight excluding hydrogens is 841 g/mol. The van der Waals surface area contributed by atoms with E-state index in [0.717, 1.165) is 111 Å². The Bertz CT molecular complexity index is 1900. The minimum atomic E-state index is -1.78. The molecule has 2 aliphatic heterocycles. The van der Waals surface area contributed by atoms with Crippen LogP contribution in [0.5, 0.6) is 0 Å². The van der Waals surface area contributed by atoms with Gasteiger partial charge in [-0.05, 0) is 196 Å². The summed E-state index contributed by atoms with van der Waals surface area (Å²) < 4.78 is 0. The number of anilines is 2. The van der Waals surface area contributed by atoms with E-state index in [1.807, 2.05) is 11.8 Å². The van der Waals surface area contributed by atoms with Crippen LogP contribution in [0, 0.1) is 71.0 Å². The van der Waals surface area contributed by atoms with Gasteiger partial charge in [0.15, 0.2) is 0 Å². The summed E-state index contributed by atoms with van der Waals surface area (Å²) in [7, 11) is -1.78. The molecular formula is C60H90N2S2Si. The summed E-state index contributed by atoms with van der Waals surface area (Å²) in [6, 6.07) is 22.4. The van der Waals surface area contributed by atoms with E-state index in [-0.39, 0.29) is 0 Å². The molecule has 12 rings (SSSR count). The molecule has 0 radical (unpaired) electrons. The van der Waals surface area contributed by atoms with Crippen LogP contribution < -0.4 is 4.90 Å². The lowest BCUT2D eigenvalue weighted by atomic mass is 9.64. The fourth-order valence-electron chi connectivity index (χ4n) is 20.2. The largest absolute Gasteiger partial charge is 0.336 e. The lowest BCUT2D eigenvalue weighted by Gasteiger charge is -2.60. The normalized spacial score (nSPS) is 46.6. The second kappa shape index (κ2) is 18.4. The number of thioether (sulfide) groups is 1. The molecule has 2 aromatic carbocycles. The van der Waals surface area contributed by atoms with E-state index >= 15 is 0 Å². The molecule has 1 saturated heterocycles. The van der Waals surface area contributed by atoms with E-state index in [0.29, 0.717) is 6.04 Å². The quantitative estimate of drug-likeness (QED) is 0.266. The van der Waals surface area contributed by atoms with Gasteiger partial charge in [0, 0.05) is 44.5 Å². The Kier molecular flexibility index (Phi) is 12.8.